The number of carbonyl (C=O) groups excluding carboxylic acids is 1. The molecule has 2 atom stereocenters. The van der Waals surface area contributed by atoms with Crippen molar-refractivity contribution in [3.05, 3.63) is 127 Å². The Labute approximate surface area is 355 Å². The second-order valence-corrected chi connectivity index (χ2v) is 15.8. The van der Waals surface area contributed by atoms with Gasteiger partial charge in [-0.2, -0.15) is 19.0 Å². The highest BCUT2D eigenvalue weighted by atomic mass is 35.5. The van der Waals surface area contributed by atoms with Crippen LogP contribution in [0.1, 0.15) is 47.7 Å². The predicted octanol–water partition coefficient (Wildman–Crippen LogP) is 9.27. The lowest BCUT2D eigenvalue weighted by atomic mass is 10.0. The SMILES string of the molecule is CSNc1nn(C)c2c(-n3c(C(Cc4cc(F)cc(F)c4)NC(=O)Cn4nc(C(F)F)c5c4C(F)(F)[C@@H](C)C5)nc4nc(-c5ccc(F)c(Cl)c5)ccc4c3=O)ccc(Cl)c12. The first-order valence-corrected chi connectivity index (χ1v) is 20.3. The van der Waals surface area contributed by atoms with Crippen molar-refractivity contribution < 1.29 is 35.5 Å². The molecule has 4 heterocycles. The normalized spacial score (nSPS) is 15.2. The van der Waals surface area contributed by atoms with Crippen LogP contribution >= 0.6 is 35.1 Å². The summed E-state index contributed by atoms with van der Waals surface area (Å²) >= 11 is 14.0. The minimum Gasteiger partial charge on any atom is -0.344 e. The van der Waals surface area contributed by atoms with Gasteiger partial charge in [-0.05, 0) is 66.6 Å². The van der Waals surface area contributed by atoms with Crippen molar-refractivity contribution in [3.8, 4) is 16.9 Å². The maximum atomic E-state index is 15.5. The smallest absolute Gasteiger partial charge is 0.292 e. The van der Waals surface area contributed by atoms with Gasteiger partial charge in [-0.25, -0.2) is 31.9 Å². The van der Waals surface area contributed by atoms with Crippen LogP contribution in [0.3, 0.4) is 0 Å². The molecule has 1 amide bonds. The molecule has 21 heteroatoms. The maximum Gasteiger partial charge on any atom is 0.292 e. The number of aryl methyl sites for hydroxylation is 1. The molecule has 61 heavy (non-hydrogen) atoms. The molecule has 8 rings (SSSR count). The number of hydrogen-bond acceptors (Lipinski definition) is 8. The van der Waals surface area contributed by atoms with Gasteiger partial charge in [0.2, 0.25) is 5.91 Å². The second kappa shape index (κ2) is 16.0. The minimum absolute atomic E-state index is 0.0278. The first kappa shape index (κ1) is 42.0. The fourth-order valence-corrected chi connectivity index (χ4v) is 8.43. The molecule has 4 aromatic heterocycles. The van der Waals surface area contributed by atoms with Crippen molar-refractivity contribution in [2.45, 2.75) is 44.7 Å². The number of alkyl halides is 4. The van der Waals surface area contributed by atoms with Gasteiger partial charge >= 0.3 is 0 Å². The molecule has 1 aliphatic rings. The molecule has 1 aliphatic carbocycles. The van der Waals surface area contributed by atoms with Gasteiger partial charge in [0.1, 0.15) is 41.2 Å². The maximum absolute atomic E-state index is 15.5. The number of hydrogen-bond donors (Lipinski definition) is 2. The third-order valence-corrected chi connectivity index (χ3v) is 11.4. The summed E-state index contributed by atoms with van der Waals surface area (Å²) in [5.41, 5.74) is -2.02. The molecule has 7 aromatic rings. The number of fused-ring (bicyclic) bond motifs is 3. The number of nitrogens with zero attached hydrogens (tertiary/aromatic N) is 7. The van der Waals surface area contributed by atoms with Crippen molar-refractivity contribution in [2.24, 2.45) is 13.0 Å². The second-order valence-electron chi connectivity index (χ2n) is 14.4. The molecule has 0 fully saturated rings. The number of nitrogens with one attached hydrogen (secondary N) is 2. The molecule has 0 bridgehead atoms. The van der Waals surface area contributed by atoms with Gasteiger partial charge < -0.3 is 10.0 Å². The van der Waals surface area contributed by atoms with Gasteiger partial charge in [0.25, 0.3) is 17.9 Å². The van der Waals surface area contributed by atoms with Crippen LogP contribution in [0.2, 0.25) is 10.0 Å². The van der Waals surface area contributed by atoms with Gasteiger partial charge in [-0.1, -0.05) is 42.1 Å². The Morgan fingerprint density at radius 1 is 0.984 bits per heavy atom. The number of benzene rings is 3. The van der Waals surface area contributed by atoms with Gasteiger partial charge in [-0.3, -0.25) is 23.5 Å². The topological polar surface area (TPSA) is 125 Å². The van der Waals surface area contributed by atoms with Crippen LogP contribution < -0.4 is 15.6 Å². The summed E-state index contributed by atoms with van der Waals surface area (Å²) in [7, 11) is 1.59. The first-order valence-electron chi connectivity index (χ1n) is 18.3. The van der Waals surface area contributed by atoms with E-state index in [4.69, 9.17) is 28.2 Å². The van der Waals surface area contributed by atoms with E-state index in [1.54, 1.807) is 13.3 Å². The summed E-state index contributed by atoms with van der Waals surface area (Å²) in [4.78, 5) is 38.4. The molecule has 0 spiro atoms. The monoisotopic (exact) mass is 903 g/mol. The number of pyridine rings is 1. The quantitative estimate of drug-likeness (QED) is 0.0973. The molecule has 0 saturated carbocycles. The Morgan fingerprint density at radius 2 is 1.72 bits per heavy atom. The molecule has 1 unspecified atom stereocenters. The fourth-order valence-electron chi connectivity index (χ4n) is 7.67. The molecule has 0 radical (unpaired) electrons. The van der Waals surface area contributed by atoms with Crippen molar-refractivity contribution in [3.63, 3.8) is 0 Å². The summed E-state index contributed by atoms with van der Waals surface area (Å²) in [5, 5.41) is 11.3. The van der Waals surface area contributed by atoms with Crippen molar-refractivity contribution >= 4 is 68.8 Å². The lowest BCUT2D eigenvalue weighted by Crippen LogP contribution is -2.38. The van der Waals surface area contributed by atoms with Crippen LogP contribution in [0.5, 0.6) is 0 Å². The number of carbonyl (C=O) groups is 1. The van der Waals surface area contributed by atoms with Gasteiger partial charge in [0, 0.05) is 42.8 Å². The molecule has 11 nitrogen and oxygen atoms in total. The Balaban J connectivity index is 1.35. The number of amides is 1. The van der Waals surface area contributed by atoms with Crippen molar-refractivity contribution in [2.75, 3.05) is 11.0 Å². The van der Waals surface area contributed by atoms with E-state index in [0.29, 0.717) is 33.0 Å². The first-order chi connectivity index (χ1) is 29.0. The summed E-state index contributed by atoms with van der Waals surface area (Å²) in [6.45, 7) is 0.201. The summed E-state index contributed by atoms with van der Waals surface area (Å²) < 4.78 is 109. The Hall–Kier alpha value is -5.66. The fraction of sp³-hybridized carbons (Fsp3) is 0.250. The largest absolute Gasteiger partial charge is 0.344 e. The number of anilines is 1. The lowest BCUT2D eigenvalue weighted by Gasteiger charge is -2.24. The number of aromatic nitrogens is 7. The zero-order valence-corrected chi connectivity index (χ0v) is 34.2. The van der Waals surface area contributed by atoms with Gasteiger partial charge in [-0.15, -0.1) is 0 Å². The van der Waals surface area contributed by atoms with Crippen LogP contribution in [-0.4, -0.2) is 46.3 Å². The molecule has 0 saturated heterocycles. The van der Waals surface area contributed by atoms with E-state index >= 15 is 8.78 Å². The zero-order chi connectivity index (χ0) is 43.7. The average molecular weight is 905 g/mol. The van der Waals surface area contributed by atoms with Gasteiger partial charge in [0.15, 0.2) is 11.5 Å². The van der Waals surface area contributed by atoms with Crippen molar-refractivity contribution in [1.29, 1.82) is 0 Å². The molecule has 316 valence electrons. The third kappa shape index (κ3) is 7.56. The molecule has 3 aromatic carbocycles. The summed E-state index contributed by atoms with van der Waals surface area (Å²) in [5.74, 6) is -8.59. The van der Waals surface area contributed by atoms with E-state index in [-0.39, 0.29) is 49.4 Å². The standard InChI is InChI=1S/C40H30Cl2F7N9O2S/c1-17-10-23-32(35(46)47)53-57(34(23)40(17,48)49)16-30(59)50-28(13-18-11-20(43)15-21(44)12-18)38-52-36-22(5-8-27(51-36)19-4-7-26(45)25(42)14-19)39(60)58(38)29-9-6-24(41)31-33(29)56(2)54-37(31)55-61-3/h4-9,11-12,14-15,17,28,35H,10,13,16H2,1-3H3,(H,50,59)(H,54,55)/t17-,28?/m0/s1. The lowest BCUT2D eigenvalue weighted by molar-refractivity contribution is -0.123. The Kier molecular flexibility index (Phi) is 11.0. The minimum atomic E-state index is -3.61. The summed E-state index contributed by atoms with van der Waals surface area (Å²) in [6.07, 6.45) is -2.32. The highest BCUT2D eigenvalue weighted by molar-refractivity contribution is 7.99. The van der Waals surface area contributed by atoms with Crippen LogP contribution in [0.25, 0.3) is 38.9 Å². The third-order valence-electron chi connectivity index (χ3n) is 10.4. The molecule has 2 N–H and O–H groups in total. The summed E-state index contributed by atoms with van der Waals surface area (Å²) in [6, 6.07) is 10.8. The van der Waals surface area contributed by atoms with Crippen LogP contribution in [0.15, 0.2) is 65.5 Å². The highest BCUT2D eigenvalue weighted by Crippen LogP contribution is 2.48. The molecule has 0 aliphatic heterocycles. The van der Waals surface area contributed by atoms with Crippen LogP contribution in [0.4, 0.5) is 36.6 Å². The van der Waals surface area contributed by atoms with Gasteiger partial charge in [0.05, 0.1) is 43.8 Å². The van der Waals surface area contributed by atoms with Crippen LogP contribution in [-0.2, 0) is 37.2 Å². The molecular weight excluding hydrogens is 874 g/mol. The van der Waals surface area contributed by atoms with E-state index in [1.807, 2.05) is 0 Å². The predicted molar refractivity (Wildman–Crippen MR) is 217 cm³/mol. The molecular formula is C40H30Cl2F7N9O2S. The zero-order valence-electron chi connectivity index (χ0n) is 31.9. The van der Waals surface area contributed by atoms with E-state index < -0.39 is 84.0 Å². The Bertz CT molecular complexity index is 2960. The Morgan fingerprint density at radius 3 is 2.41 bits per heavy atom. The van der Waals surface area contributed by atoms with Crippen LogP contribution in [0, 0.1) is 23.4 Å². The highest BCUT2D eigenvalue weighted by Gasteiger charge is 2.51. The van der Waals surface area contributed by atoms with E-state index in [0.717, 1.165) is 22.8 Å². The van der Waals surface area contributed by atoms with E-state index in [9.17, 15) is 31.5 Å². The number of rotatable bonds is 11. The van der Waals surface area contributed by atoms with E-state index in [2.05, 4.69) is 25.2 Å². The average Bonchev–Trinajstić information content (AvgIpc) is 3.80. The van der Waals surface area contributed by atoms with Crippen molar-refractivity contribution in [1.82, 2.24) is 39.4 Å². The van der Waals surface area contributed by atoms with E-state index in [1.165, 1.54) is 60.0 Å². The number of halogens is 9.